The Morgan fingerprint density at radius 3 is 2.55 bits per heavy atom. The lowest BCUT2D eigenvalue weighted by Gasteiger charge is -2.01. The maximum Gasteiger partial charge on any atom is 0.161 e. The lowest BCUT2D eigenvalue weighted by molar-refractivity contribution is 0.537. The minimum atomic E-state index is -2.08. The first-order chi connectivity index (χ1) is 10.7. The third-order valence-electron chi connectivity index (χ3n) is 3.18. The summed E-state index contributed by atoms with van der Waals surface area (Å²) in [4.78, 5) is 3.48. The van der Waals surface area contributed by atoms with Gasteiger partial charge in [0.1, 0.15) is 5.82 Å². The number of aryl methyl sites for hydroxylation is 1. The first-order valence-corrected chi connectivity index (χ1v) is 7.66. The summed E-state index contributed by atoms with van der Waals surface area (Å²) in [6.45, 7) is 1.95. The molecule has 0 bridgehead atoms. The minimum Gasteiger partial charge on any atom is -0.768 e. The van der Waals surface area contributed by atoms with Crippen LogP contribution in [0.15, 0.2) is 59.6 Å². The van der Waals surface area contributed by atoms with Crippen molar-refractivity contribution in [2.24, 2.45) is 0 Å². The van der Waals surface area contributed by atoms with Gasteiger partial charge in [0.2, 0.25) is 0 Å². The number of hydrogen-bond acceptors (Lipinski definition) is 4. The monoisotopic (exact) mass is 313 g/mol. The van der Waals surface area contributed by atoms with Gasteiger partial charge in [-0.05, 0) is 48.3 Å². The van der Waals surface area contributed by atoms with E-state index in [4.69, 9.17) is 0 Å². The van der Waals surface area contributed by atoms with Crippen LogP contribution in [0.3, 0.4) is 0 Å². The van der Waals surface area contributed by atoms with Crippen LogP contribution in [0.2, 0.25) is 0 Å². The number of aromatic nitrogens is 4. The van der Waals surface area contributed by atoms with E-state index in [1.807, 2.05) is 35.7 Å². The van der Waals surface area contributed by atoms with Gasteiger partial charge >= 0.3 is 0 Å². The highest BCUT2D eigenvalue weighted by Crippen LogP contribution is 2.15. The summed E-state index contributed by atoms with van der Waals surface area (Å²) in [6.07, 6.45) is 1.92. The van der Waals surface area contributed by atoms with Crippen LogP contribution in [0.25, 0.3) is 16.7 Å². The molecule has 1 N–H and O–H groups in total. The number of rotatable bonds is 1. The summed E-state index contributed by atoms with van der Waals surface area (Å²) in [6, 6.07) is 14.2. The third-order valence-corrected chi connectivity index (χ3v) is 3.84. The standard InChI is InChI=1S/C9H8N4.C6H6O2S/c1-6-11-12-9-3-2-7-8(13(6)9)4-5-10-7;7-9(8)6-4-2-1-3-5-6/h2-5,10H,1H3;1-5H,(H,7,8)/p-1. The van der Waals surface area contributed by atoms with Gasteiger partial charge in [-0.3, -0.25) is 8.61 Å². The zero-order valence-electron chi connectivity index (χ0n) is 11.8. The zero-order valence-corrected chi connectivity index (χ0v) is 12.6. The number of hydrogen-bond donors (Lipinski definition) is 1. The molecule has 0 saturated carbocycles. The molecule has 1 atom stereocenters. The van der Waals surface area contributed by atoms with Crippen molar-refractivity contribution in [3.8, 4) is 0 Å². The van der Waals surface area contributed by atoms with Crippen LogP contribution >= 0.6 is 0 Å². The molecule has 7 heteroatoms. The van der Waals surface area contributed by atoms with E-state index < -0.39 is 11.1 Å². The van der Waals surface area contributed by atoms with E-state index in [-0.39, 0.29) is 0 Å². The zero-order chi connectivity index (χ0) is 15.5. The van der Waals surface area contributed by atoms with E-state index in [2.05, 4.69) is 15.2 Å². The van der Waals surface area contributed by atoms with Crippen molar-refractivity contribution in [1.29, 1.82) is 0 Å². The predicted molar refractivity (Wildman–Crippen MR) is 83.2 cm³/mol. The average molecular weight is 313 g/mol. The molecule has 0 spiro atoms. The average Bonchev–Trinajstić information content (AvgIpc) is 3.15. The van der Waals surface area contributed by atoms with Crippen LogP contribution in [0, 0.1) is 6.92 Å². The number of pyridine rings is 1. The van der Waals surface area contributed by atoms with E-state index >= 15 is 0 Å². The largest absolute Gasteiger partial charge is 0.768 e. The predicted octanol–water partition coefficient (Wildman–Crippen LogP) is 2.44. The minimum absolute atomic E-state index is 0.331. The second kappa shape index (κ2) is 6.08. The van der Waals surface area contributed by atoms with Crippen molar-refractivity contribution in [3.63, 3.8) is 0 Å². The Balaban J connectivity index is 0.000000142. The Hall–Kier alpha value is -2.51. The molecule has 3 heterocycles. The molecule has 22 heavy (non-hydrogen) atoms. The molecule has 4 aromatic rings. The number of aromatic amines is 1. The molecule has 0 aliphatic carbocycles. The molecule has 3 aromatic heterocycles. The second-order valence-corrected chi connectivity index (χ2v) is 5.54. The van der Waals surface area contributed by atoms with Gasteiger partial charge in [-0.2, -0.15) is 0 Å². The van der Waals surface area contributed by atoms with E-state index in [1.165, 1.54) is 0 Å². The first-order valence-electron chi connectivity index (χ1n) is 6.59. The molecule has 1 aromatic carbocycles. The summed E-state index contributed by atoms with van der Waals surface area (Å²) in [5.41, 5.74) is 3.12. The lowest BCUT2D eigenvalue weighted by atomic mass is 10.3. The van der Waals surface area contributed by atoms with Gasteiger partial charge in [-0.25, -0.2) is 0 Å². The van der Waals surface area contributed by atoms with Crippen molar-refractivity contribution >= 4 is 27.8 Å². The van der Waals surface area contributed by atoms with Gasteiger partial charge in [-0.1, -0.05) is 18.2 Å². The molecule has 6 nitrogen and oxygen atoms in total. The van der Waals surface area contributed by atoms with Crippen molar-refractivity contribution in [1.82, 2.24) is 19.6 Å². The van der Waals surface area contributed by atoms with Crippen molar-refractivity contribution in [2.45, 2.75) is 11.8 Å². The highest BCUT2D eigenvalue weighted by molar-refractivity contribution is 7.79. The molecule has 0 aliphatic heterocycles. The molecular formula is C15H13N4O2S-. The first kappa shape index (κ1) is 14.4. The fourth-order valence-corrected chi connectivity index (χ4v) is 2.56. The number of nitrogens with one attached hydrogen (secondary N) is 1. The molecule has 0 amide bonds. The van der Waals surface area contributed by atoms with Crippen LogP contribution < -0.4 is 0 Å². The van der Waals surface area contributed by atoms with Gasteiger partial charge in [0.25, 0.3) is 0 Å². The Morgan fingerprint density at radius 1 is 1.09 bits per heavy atom. The molecular weight excluding hydrogens is 300 g/mol. The van der Waals surface area contributed by atoms with Gasteiger partial charge in [-0.15, -0.1) is 10.2 Å². The van der Waals surface area contributed by atoms with E-state index in [0.717, 1.165) is 22.5 Å². The molecule has 0 radical (unpaired) electrons. The quantitative estimate of drug-likeness (QED) is 0.547. The fourth-order valence-electron chi connectivity index (χ4n) is 2.18. The Kier molecular flexibility index (Phi) is 3.99. The molecule has 1 unspecified atom stereocenters. The number of nitrogens with zero attached hydrogens (tertiary/aromatic N) is 3. The number of benzene rings is 1. The van der Waals surface area contributed by atoms with Gasteiger partial charge in [0.05, 0.1) is 11.0 Å². The summed E-state index contributed by atoms with van der Waals surface area (Å²) in [5, 5.41) is 8.07. The van der Waals surface area contributed by atoms with Crippen LogP contribution in [0.5, 0.6) is 0 Å². The smallest absolute Gasteiger partial charge is 0.161 e. The third kappa shape index (κ3) is 2.76. The second-order valence-electron chi connectivity index (χ2n) is 4.60. The van der Waals surface area contributed by atoms with Crippen molar-refractivity contribution < 1.29 is 8.76 Å². The maximum atomic E-state index is 10.2. The van der Waals surface area contributed by atoms with Crippen molar-refractivity contribution in [2.75, 3.05) is 0 Å². The topological polar surface area (TPSA) is 86.1 Å². The summed E-state index contributed by atoms with van der Waals surface area (Å²) >= 11 is -2.08. The highest BCUT2D eigenvalue weighted by atomic mass is 32.2. The van der Waals surface area contributed by atoms with Gasteiger partial charge in [0, 0.05) is 11.1 Å². The molecule has 0 aliphatic rings. The molecule has 112 valence electrons. The molecule has 0 saturated heterocycles. The van der Waals surface area contributed by atoms with Crippen LogP contribution in [0.1, 0.15) is 5.82 Å². The summed E-state index contributed by atoms with van der Waals surface area (Å²) in [7, 11) is 0. The Labute approximate surface area is 129 Å². The summed E-state index contributed by atoms with van der Waals surface area (Å²) in [5.74, 6) is 0.917. The fraction of sp³-hybridized carbons (Fsp3) is 0.0667. The molecule has 0 fully saturated rings. The van der Waals surface area contributed by atoms with E-state index in [9.17, 15) is 8.76 Å². The van der Waals surface area contributed by atoms with Gasteiger partial charge in [0.15, 0.2) is 5.65 Å². The Bertz CT molecular complexity index is 930. The van der Waals surface area contributed by atoms with Gasteiger partial charge < -0.3 is 9.54 Å². The lowest BCUT2D eigenvalue weighted by Crippen LogP contribution is -1.88. The summed E-state index contributed by atoms with van der Waals surface area (Å²) < 4.78 is 22.4. The molecule has 4 rings (SSSR count). The number of fused-ring (bicyclic) bond motifs is 3. The van der Waals surface area contributed by atoms with Crippen molar-refractivity contribution in [3.05, 3.63) is 60.6 Å². The Morgan fingerprint density at radius 2 is 1.86 bits per heavy atom. The van der Waals surface area contributed by atoms with Crippen LogP contribution in [0.4, 0.5) is 0 Å². The normalized spacial score (nSPS) is 12.1. The van der Waals surface area contributed by atoms with E-state index in [1.54, 1.807) is 30.3 Å². The van der Waals surface area contributed by atoms with Crippen LogP contribution in [-0.2, 0) is 11.1 Å². The maximum absolute atomic E-state index is 10.2. The van der Waals surface area contributed by atoms with E-state index in [0.29, 0.717) is 4.90 Å². The SMILES string of the molecule is Cc1nnc2ccc3[nH]ccc3n12.O=S([O-])c1ccccc1. The van der Waals surface area contributed by atoms with Crippen LogP contribution in [-0.4, -0.2) is 28.3 Å². The highest BCUT2D eigenvalue weighted by Gasteiger charge is 2.04. The number of H-pyrrole nitrogens is 1.